The van der Waals surface area contributed by atoms with Gasteiger partial charge in [0, 0.05) is 35.4 Å². The smallest absolute Gasteiger partial charge is 0.119 e. The van der Waals surface area contributed by atoms with Gasteiger partial charge < -0.3 is 15.2 Å². The molecule has 0 aromatic heterocycles. The molecule has 0 aliphatic carbocycles. The molecule has 0 spiro atoms. The lowest BCUT2D eigenvalue weighted by molar-refractivity contribution is 0.105. The Morgan fingerprint density at radius 3 is 2.55 bits per heavy atom. The highest BCUT2D eigenvalue weighted by Crippen LogP contribution is 2.12. The second-order valence-electron chi connectivity index (χ2n) is 5.01. The Kier molecular flexibility index (Phi) is 7.80. The molecule has 1 aromatic rings. The molecule has 1 rings (SSSR count). The van der Waals surface area contributed by atoms with Crippen LogP contribution in [0.4, 0.5) is 0 Å². The van der Waals surface area contributed by atoms with Crippen molar-refractivity contribution < 1.29 is 14.1 Å². The summed E-state index contributed by atoms with van der Waals surface area (Å²) in [4.78, 5) is 0. The number of benzene rings is 1. The van der Waals surface area contributed by atoms with Gasteiger partial charge in [0.1, 0.15) is 18.5 Å². The van der Waals surface area contributed by atoms with Crippen LogP contribution in [0.5, 0.6) is 5.75 Å². The molecule has 114 valence electrons. The van der Waals surface area contributed by atoms with E-state index in [0.29, 0.717) is 12.3 Å². The molecule has 0 fully saturated rings. The molecule has 0 amide bonds. The molecule has 0 heterocycles. The van der Waals surface area contributed by atoms with Gasteiger partial charge in [-0.3, -0.25) is 4.21 Å². The third-order valence-corrected chi connectivity index (χ3v) is 3.93. The summed E-state index contributed by atoms with van der Waals surface area (Å²) in [6.45, 7) is 4.75. The minimum atomic E-state index is -0.822. The van der Waals surface area contributed by atoms with E-state index in [9.17, 15) is 9.32 Å². The van der Waals surface area contributed by atoms with E-state index in [1.54, 1.807) is 6.26 Å². The van der Waals surface area contributed by atoms with Crippen LogP contribution in [0.1, 0.15) is 19.4 Å². The van der Waals surface area contributed by atoms with Crippen molar-refractivity contribution in [2.45, 2.75) is 32.4 Å². The van der Waals surface area contributed by atoms with Crippen molar-refractivity contribution in [2.75, 3.05) is 25.2 Å². The molecule has 0 radical (unpaired) electrons. The van der Waals surface area contributed by atoms with E-state index in [1.807, 2.05) is 31.2 Å². The fourth-order valence-electron chi connectivity index (χ4n) is 1.82. The van der Waals surface area contributed by atoms with Gasteiger partial charge >= 0.3 is 0 Å². The van der Waals surface area contributed by atoms with Crippen LogP contribution in [0.3, 0.4) is 0 Å². The van der Waals surface area contributed by atoms with Gasteiger partial charge in [-0.2, -0.15) is 0 Å². The topological polar surface area (TPSA) is 58.6 Å². The summed E-state index contributed by atoms with van der Waals surface area (Å²) in [5.41, 5.74) is 1.26. The number of ether oxygens (including phenoxy) is 1. The van der Waals surface area contributed by atoms with E-state index >= 15 is 0 Å². The van der Waals surface area contributed by atoms with Crippen LogP contribution in [-0.2, 0) is 17.2 Å². The van der Waals surface area contributed by atoms with Crippen LogP contribution in [0, 0.1) is 0 Å². The number of nitrogens with one attached hydrogen (secondary N) is 1. The molecule has 4 nitrogen and oxygen atoms in total. The second-order valence-corrected chi connectivity index (χ2v) is 6.49. The molecule has 0 saturated heterocycles. The van der Waals surface area contributed by atoms with Crippen molar-refractivity contribution in [2.24, 2.45) is 0 Å². The van der Waals surface area contributed by atoms with Gasteiger partial charge in [0.2, 0.25) is 0 Å². The molecule has 0 aliphatic rings. The zero-order valence-electron chi connectivity index (χ0n) is 12.5. The van der Waals surface area contributed by atoms with Gasteiger partial charge in [0.05, 0.1) is 0 Å². The minimum Gasteiger partial charge on any atom is -0.491 e. The van der Waals surface area contributed by atoms with Crippen molar-refractivity contribution in [1.29, 1.82) is 0 Å². The van der Waals surface area contributed by atoms with Crippen molar-refractivity contribution in [3.8, 4) is 5.75 Å². The number of hydrogen-bond donors (Lipinski definition) is 2. The van der Waals surface area contributed by atoms with E-state index in [1.165, 1.54) is 5.56 Å². The first kappa shape index (κ1) is 17.1. The highest BCUT2D eigenvalue weighted by Gasteiger charge is 2.09. The quantitative estimate of drug-likeness (QED) is 0.722. The van der Waals surface area contributed by atoms with Crippen LogP contribution >= 0.6 is 0 Å². The molecule has 0 bridgehead atoms. The number of aliphatic hydroxyl groups excluding tert-OH is 1. The average molecular weight is 299 g/mol. The molecular formula is C15H25NO3S. The van der Waals surface area contributed by atoms with Crippen LogP contribution < -0.4 is 10.1 Å². The third kappa shape index (κ3) is 7.03. The van der Waals surface area contributed by atoms with E-state index in [0.717, 1.165) is 12.2 Å². The van der Waals surface area contributed by atoms with Gasteiger partial charge in [-0.1, -0.05) is 19.1 Å². The number of aliphatic hydroxyl groups is 1. The zero-order valence-corrected chi connectivity index (χ0v) is 13.3. The summed E-state index contributed by atoms with van der Waals surface area (Å²) < 4.78 is 16.6. The predicted molar refractivity (Wildman–Crippen MR) is 83.7 cm³/mol. The first-order valence-corrected chi connectivity index (χ1v) is 8.67. The van der Waals surface area contributed by atoms with E-state index < -0.39 is 16.9 Å². The molecule has 0 aliphatic heterocycles. The predicted octanol–water partition coefficient (Wildman–Crippen LogP) is 1.35. The van der Waals surface area contributed by atoms with Gasteiger partial charge in [-0.15, -0.1) is 0 Å². The standard InChI is InChI=1S/C15H25NO3S/c1-4-13-5-7-15(8-6-13)19-10-14(17)9-16-12(2)11-20(3)18/h5-8,12,14,16-17H,4,9-11H2,1-3H3. The fourth-order valence-corrected chi connectivity index (χ4v) is 2.64. The second kappa shape index (κ2) is 9.10. The van der Waals surface area contributed by atoms with Crippen LogP contribution in [0.2, 0.25) is 0 Å². The lowest BCUT2D eigenvalue weighted by atomic mass is 10.2. The SMILES string of the molecule is CCc1ccc(OCC(O)CNC(C)CS(C)=O)cc1. The molecule has 3 unspecified atom stereocenters. The lowest BCUT2D eigenvalue weighted by Gasteiger charge is -2.17. The van der Waals surface area contributed by atoms with Gasteiger partial charge in [0.25, 0.3) is 0 Å². The maximum atomic E-state index is 11.0. The maximum absolute atomic E-state index is 11.0. The Morgan fingerprint density at radius 2 is 2.00 bits per heavy atom. The zero-order chi connectivity index (χ0) is 15.0. The van der Waals surface area contributed by atoms with E-state index in [4.69, 9.17) is 4.74 Å². The Balaban J connectivity index is 2.24. The minimum absolute atomic E-state index is 0.124. The highest BCUT2D eigenvalue weighted by atomic mass is 32.2. The largest absolute Gasteiger partial charge is 0.491 e. The normalized spacial score (nSPS) is 15.6. The van der Waals surface area contributed by atoms with Gasteiger partial charge in [-0.05, 0) is 31.0 Å². The van der Waals surface area contributed by atoms with Crippen molar-refractivity contribution in [3.63, 3.8) is 0 Å². The molecular weight excluding hydrogens is 274 g/mol. The van der Waals surface area contributed by atoms with Gasteiger partial charge in [0.15, 0.2) is 0 Å². The third-order valence-electron chi connectivity index (χ3n) is 2.96. The van der Waals surface area contributed by atoms with Gasteiger partial charge in [-0.25, -0.2) is 0 Å². The van der Waals surface area contributed by atoms with Crippen molar-refractivity contribution in [1.82, 2.24) is 5.32 Å². The van der Waals surface area contributed by atoms with Crippen LogP contribution in [0.25, 0.3) is 0 Å². The average Bonchev–Trinajstić information content (AvgIpc) is 2.42. The van der Waals surface area contributed by atoms with Crippen molar-refractivity contribution in [3.05, 3.63) is 29.8 Å². The lowest BCUT2D eigenvalue weighted by Crippen LogP contribution is -2.39. The Morgan fingerprint density at radius 1 is 1.35 bits per heavy atom. The van der Waals surface area contributed by atoms with Crippen LogP contribution in [0.15, 0.2) is 24.3 Å². The monoisotopic (exact) mass is 299 g/mol. The van der Waals surface area contributed by atoms with E-state index in [2.05, 4.69) is 12.2 Å². The summed E-state index contributed by atoms with van der Waals surface area (Å²) >= 11 is 0. The number of hydrogen-bond acceptors (Lipinski definition) is 4. The van der Waals surface area contributed by atoms with E-state index in [-0.39, 0.29) is 12.6 Å². The maximum Gasteiger partial charge on any atom is 0.119 e. The Bertz CT molecular complexity index is 408. The van der Waals surface area contributed by atoms with Crippen LogP contribution in [-0.4, -0.2) is 46.6 Å². The summed E-state index contributed by atoms with van der Waals surface area (Å²) in [6, 6.07) is 8.01. The first-order chi connectivity index (χ1) is 9.51. The molecule has 0 saturated carbocycles. The Hall–Kier alpha value is -0.910. The summed E-state index contributed by atoms with van der Waals surface area (Å²) in [5, 5.41) is 13.0. The molecule has 20 heavy (non-hydrogen) atoms. The molecule has 2 N–H and O–H groups in total. The van der Waals surface area contributed by atoms with Crippen molar-refractivity contribution >= 4 is 10.8 Å². The summed E-state index contributed by atoms with van der Waals surface area (Å²) in [5.74, 6) is 1.36. The molecule has 1 aromatic carbocycles. The highest BCUT2D eigenvalue weighted by molar-refractivity contribution is 7.84. The Labute approximate surface area is 124 Å². The first-order valence-electron chi connectivity index (χ1n) is 6.94. The summed E-state index contributed by atoms with van der Waals surface area (Å²) in [6.07, 6.45) is 2.11. The molecule has 3 atom stereocenters. The number of aryl methyl sites for hydroxylation is 1. The summed E-state index contributed by atoms with van der Waals surface area (Å²) in [7, 11) is -0.822. The number of rotatable bonds is 9. The fraction of sp³-hybridized carbons (Fsp3) is 0.600. The molecule has 5 heteroatoms.